The highest BCUT2D eigenvalue weighted by Gasteiger charge is 2.22. The fourth-order valence-electron chi connectivity index (χ4n) is 3.13. The van der Waals surface area contributed by atoms with Crippen LogP contribution in [-0.4, -0.2) is 20.2 Å². The topological polar surface area (TPSA) is 92.3 Å². The number of nitrogens with one attached hydrogen (secondary N) is 2. The van der Waals surface area contributed by atoms with Crippen molar-refractivity contribution in [3.8, 4) is 0 Å². The SMILES string of the molecule is CCCCCC(=O)NS(=O)(=O)c1ccccc1NC(=O)c1ccc(CCC(C)(C)C)cc1. The van der Waals surface area contributed by atoms with Gasteiger partial charge >= 0.3 is 0 Å². The van der Waals surface area contributed by atoms with E-state index in [0.29, 0.717) is 12.0 Å². The maximum absolute atomic E-state index is 12.7. The van der Waals surface area contributed by atoms with Gasteiger partial charge in [0.25, 0.3) is 15.9 Å². The van der Waals surface area contributed by atoms with Gasteiger partial charge in [0.2, 0.25) is 5.91 Å². The Kier molecular flexibility index (Phi) is 9.01. The van der Waals surface area contributed by atoms with Crippen molar-refractivity contribution in [1.29, 1.82) is 0 Å². The molecule has 0 aliphatic rings. The molecule has 0 saturated carbocycles. The normalized spacial score (nSPS) is 11.8. The molecule has 0 spiro atoms. The summed E-state index contributed by atoms with van der Waals surface area (Å²) in [6.07, 6.45) is 4.52. The van der Waals surface area contributed by atoms with Crippen LogP contribution < -0.4 is 10.0 Å². The second-order valence-electron chi connectivity index (χ2n) is 9.19. The first-order valence-electron chi connectivity index (χ1n) is 11.1. The van der Waals surface area contributed by atoms with E-state index in [-0.39, 0.29) is 22.4 Å². The van der Waals surface area contributed by atoms with Gasteiger partial charge in [-0.3, -0.25) is 9.59 Å². The van der Waals surface area contributed by atoms with Crippen LogP contribution in [0.15, 0.2) is 53.4 Å². The lowest BCUT2D eigenvalue weighted by molar-refractivity contribution is -0.119. The van der Waals surface area contributed by atoms with Crippen LogP contribution in [-0.2, 0) is 21.2 Å². The molecular weight excluding hydrogens is 424 g/mol. The van der Waals surface area contributed by atoms with E-state index in [9.17, 15) is 18.0 Å². The number of amides is 2. The van der Waals surface area contributed by atoms with E-state index in [1.807, 2.05) is 19.1 Å². The summed E-state index contributed by atoms with van der Waals surface area (Å²) < 4.78 is 27.6. The van der Waals surface area contributed by atoms with Crippen molar-refractivity contribution in [3.63, 3.8) is 0 Å². The maximum Gasteiger partial charge on any atom is 0.266 e. The van der Waals surface area contributed by atoms with Gasteiger partial charge in [-0.1, -0.05) is 64.8 Å². The zero-order valence-electron chi connectivity index (χ0n) is 19.4. The van der Waals surface area contributed by atoms with Crippen LogP contribution in [0.3, 0.4) is 0 Å². The van der Waals surface area contributed by atoms with Crippen molar-refractivity contribution in [3.05, 3.63) is 59.7 Å². The molecular formula is C25H34N2O4S. The minimum absolute atomic E-state index is 0.128. The van der Waals surface area contributed by atoms with Crippen LogP contribution in [0.25, 0.3) is 0 Å². The smallest absolute Gasteiger partial charge is 0.266 e. The summed E-state index contributed by atoms with van der Waals surface area (Å²) >= 11 is 0. The van der Waals surface area contributed by atoms with E-state index in [0.717, 1.165) is 31.2 Å². The first kappa shape index (κ1) is 25.6. The number of anilines is 1. The molecule has 0 aliphatic carbocycles. The Balaban J connectivity index is 2.10. The lowest BCUT2D eigenvalue weighted by atomic mass is 9.88. The Bertz CT molecular complexity index is 1020. The third-order valence-electron chi connectivity index (χ3n) is 5.06. The minimum atomic E-state index is -4.10. The van der Waals surface area contributed by atoms with E-state index >= 15 is 0 Å². The number of para-hydroxylation sites is 1. The summed E-state index contributed by atoms with van der Waals surface area (Å²) in [4.78, 5) is 24.6. The van der Waals surface area contributed by atoms with E-state index in [2.05, 4.69) is 30.8 Å². The molecule has 0 saturated heterocycles. The molecule has 0 unspecified atom stereocenters. The second kappa shape index (κ2) is 11.3. The molecule has 0 fully saturated rings. The fourth-order valence-corrected chi connectivity index (χ4v) is 4.31. The van der Waals surface area contributed by atoms with E-state index < -0.39 is 21.8 Å². The molecule has 32 heavy (non-hydrogen) atoms. The van der Waals surface area contributed by atoms with Gasteiger partial charge in [-0.25, -0.2) is 13.1 Å². The van der Waals surface area contributed by atoms with Gasteiger partial charge in [-0.15, -0.1) is 0 Å². The Labute approximate surface area is 191 Å². The molecule has 6 nitrogen and oxygen atoms in total. The van der Waals surface area contributed by atoms with Gasteiger partial charge in [-0.05, 0) is 54.5 Å². The molecule has 2 N–H and O–H groups in total. The van der Waals surface area contributed by atoms with Gasteiger partial charge in [0.1, 0.15) is 4.90 Å². The lowest BCUT2D eigenvalue weighted by Crippen LogP contribution is -2.31. The molecule has 0 heterocycles. The van der Waals surface area contributed by atoms with Crippen LogP contribution in [0.5, 0.6) is 0 Å². The van der Waals surface area contributed by atoms with Crippen molar-refractivity contribution in [2.45, 2.75) is 71.1 Å². The molecule has 0 aliphatic heterocycles. The molecule has 0 radical (unpaired) electrons. The Morgan fingerprint density at radius 3 is 2.22 bits per heavy atom. The number of hydrogen-bond donors (Lipinski definition) is 2. The number of carbonyl (C=O) groups excluding carboxylic acids is 2. The van der Waals surface area contributed by atoms with Crippen LogP contribution in [0.2, 0.25) is 0 Å². The monoisotopic (exact) mass is 458 g/mol. The molecule has 174 valence electrons. The predicted octanol–water partition coefficient (Wildman–Crippen LogP) is 5.30. The average Bonchev–Trinajstić information content (AvgIpc) is 2.72. The first-order chi connectivity index (χ1) is 15.0. The van der Waals surface area contributed by atoms with Gasteiger partial charge < -0.3 is 5.32 Å². The quantitative estimate of drug-likeness (QED) is 0.472. The Morgan fingerprint density at radius 2 is 1.59 bits per heavy atom. The third kappa shape index (κ3) is 8.11. The molecule has 2 rings (SSSR count). The number of rotatable bonds is 10. The average molecular weight is 459 g/mol. The molecule has 2 aromatic rings. The van der Waals surface area contributed by atoms with Crippen LogP contribution >= 0.6 is 0 Å². The van der Waals surface area contributed by atoms with Crippen LogP contribution in [0.1, 0.15) is 75.7 Å². The number of unbranched alkanes of at least 4 members (excludes halogenated alkanes) is 2. The molecule has 0 aromatic heterocycles. The number of sulfonamides is 1. The van der Waals surface area contributed by atoms with E-state index in [1.54, 1.807) is 24.3 Å². The standard InChI is InChI=1S/C25H34N2O4S/c1-5-6-7-12-23(28)27-32(30,31)22-11-9-8-10-21(22)26-24(29)20-15-13-19(14-16-20)17-18-25(2,3)4/h8-11,13-16H,5-7,12,17-18H2,1-4H3,(H,26,29)(H,27,28). The number of benzene rings is 2. The zero-order valence-corrected chi connectivity index (χ0v) is 20.2. The summed E-state index contributed by atoms with van der Waals surface area (Å²) in [7, 11) is -4.10. The van der Waals surface area contributed by atoms with Gasteiger partial charge in [0.05, 0.1) is 5.69 Å². The van der Waals surface area contributed by atoms with E-state index in [1.165, 1.54) is 12.1 Å². The predicted molar refractivity (Wildman–Crippen MR) is 128 cm³/mol. The summed E-state index contributed by atoms with van der Waals surface area (Å²) in [5.74, 6) is -0.963. The second-order valence-corrected chi connectivity index (χ2v) is 10.8. The van der Waals surface area contributed by atoms with Crippen LogP contribution in [0, 0.1) is 5.41 Å². The highest BCUT2D eigenvalue weighted by Crippen LogP contribution is 2.23. The largest absolute Gasteiger partial charge is 0.321 e. The lowest BCUT2D eigenvalue weighted by Gasteiger charge is -2.17. The third-order valence-corrected chi connectivity index (χ3v) is 6.49. The number of aryl methyl sites for hydroxylation is 1. The zero-order chi connectivity index (χ0) is 23.8. The summed E-state index contributed by atoms with van der Waals surface area (Å²) in [5, 5.41) is 2.66. The molecule has 0 atom stereocenters. The van der Waals surface area contributed by atoms with Crippen molar-refractivity contribution in [2.75, 3.05) is 5.32 Å². The van der Waals surface area contributed by atoms with Crippen LogP contribution in [0.4, 0.5) is 5.69 Å². The highest BCUT2D eigenvalue weighted by atomic mass is 32.2. The Morgan fingerprint density at radius 1 is 0.938 bits per heavy atom. The number of hydrogen-bond acceptors (Lipinski definition) is 4. The summed E-state index contributed by atoms with van der Waals surface area (Å²) in [6.45, 7) is 8.57. The maximum atomic E-state index is 12.7. The minimum Gasteiger partial charge on any atom is -0.321 e. The van der Waals surface area contributed by atoms with Crippen molar-refractivity contribution < 1.29 is 18.0 Å². The molecule has 2 amide bonds. The number of carbonyl (C=O) groups is 2. The summed E-state index contributed by atoms with van der Waals surface area (Å²) in [6, 6.07) is 13.4. The van der Waals surface area contributed by atoms with Crippen molar-refractivity contribution in [2.24, 2.45) is 5.41 Å². The van der Waals surface area contributed by atoms with Crippen molar-refractivity contribution >= 4 is 27.5 Å². The van der Waals surface area contributed by atoms with Gasteiger partial charge in [-0.2, -0.15) is 0 Å². The van der Waals surface area contributed by atoms with Gasteiger partial charge in [0.15, 0.2) is 0 Å². The fraction of sp³-hybridized carbons (Fsp3) is 0.440. The Hall–Kier alpha value is -2.67. The molecule has 7 heteroatoms. The first-order valence-corrected chi connectivity index (χ1v) is 12.5. The van der Waals surface area contributed by atoms with E-state index in [4.69, 9.17) is 0 Å². The van der Waals surface area contributed by atoms with Crippen molar-refractivity contribution in [1.82, 2.24) is 4.72 Å². The molecule has 2 aromatic carbocycles. The summed E-state index contributed by atoms with van der Waals surface area (Å²) in [5.41, 5.74) is 1.94. The molecule has 0 bridgehead atoms. The van der Waals surface area contributed by atoms with Gasteiger partial charge in [0, 0.05) is 12.0 Å². The highest BCUT2D eigenvalue weighted by molar-refractivity contribution is 7.90.